The summed E-state index contributed by atoms with van der Waals surface area (Å²) < 4.78 is 26.7. The fourth-order valence-corrected chi connectivity index (χ4v) is 1.90. The van der Waals surface area contributed by atoms with E-state index in [4.69, 9.17) is 5.53 Å². The quantitative estimate of drug-likeness (QED) is 0.332. The highest BCUT2D eigenvalue weighted by Gasteiger charge is 2.14. The summed E-state index contributed by atoms with van der Waals surface area (Å²) in [6, 6.07) is 0. The van der Waals surface area contributed by atoms with E-state index in [1.807, 2.05) is 0 Å². The van der Waals surface area contributed by atoms with Crippen LogP contribution in [0.3, 0.4) is 0 Å². The number of azide groups is 1. The number of hydrogen-bond acceptors (Lipinski definition) is 4. The molecular formula is C6H10N6O2S. The van der Waals surface area contributed by atoms with Crippen LogP contribution in [0, 0.1) is 0 Å². The molecule has 0 aliphatic heterocycles. The normalized spacial score (nSPS) is 11.0. The van der Waals surface area contributed by atoms with Gasteiger partial charge >= 0.3 is 0 Å². The standard InChI is InChI=1S/C6H10N6O2S/c1-12-5-6(4-9-12)15(13,14)10-3-2-8-11-7/h4-5,10H,2-3H2,1H3. The van der Waals surface area contributed by atoms with E-state index in [9.17, 15) is 8.42 Å². The number of nitrogens with zero attached hydrogens (tertiary/aromatic N) is 5. The molecular weight excluding hydrogens is 220 g/mol. The molecule has 82 valence electrons. The zero-order valence-electron chi connectivity index (χ0n) is 8.03. The van der Waals surface area contributed by atoms with Gasteiger partial charge in [0, 0.05) is 31.2 Å². The van der Waals surface area contributed by atoms with Crippen molar-refractivity contribution in [1.82, 2.24) is 14.5 Å². The molecule has 0 aliphatic carbocycles. The molecule has 0 amide bonds. The first-order chi connectivity index (χ1) is 7.06. The molecule has 0 aliphatic rings. The highest BCUT2D eigenvalue weighted by molar-refractivity contribution is 7.89. The number of hydrogen-bond donors (Lipinski definition) is 1. The summed E-state index contributed by atoms with van der Waals surface area (Å²) in [5, 5.41) is 6.95. The molecule has 9 heteroatoms. The van der Waals surface area contributed by atoms with E-state index in [1.54, 1.807) is 7.05 Å². The molecule has 0 saturated heterocycles. The van der Waals surface area contributed by atoms with Crippen molar-refractivity contribution in [3.8, 4) is 0 Å². The molecule has 1 rings (SSSR count). The maximum absolute atomic E-state index is 11.5. The first kappa shape index (κ1) is 11.5. The minimum atomic E-state index is -3.54. The van der Waals surface area contributed by atoms with Crippen molar-refractivity contribution in [2.24, 2.45) is 12.2 Å². The molecule has 0 unspecified atom stereocenters. The highest BCUT2D eigenvalue weighted by atomic mass is 32.2. The predicted molar refractivity (Wildman–Crippen MR) is 52.4 cm³/mol. The van der Waals surface area contributed by atoms with Crippen LogP contribution in [0.1, 0.15) is 0 Å². The minimum Gasteiger partial charge on any atom is -0.274 e. The van der Waals surface area contributed by atoms with Crippen molar-refractivity contribution in [1.29, 1.82) is 0 Å². The number of sulfonamides is 1. The molecule has 1 heterocycles. The molecule has 15 heavy (non-hydrogen) atoms. The van der Waals surface area contributed by atoms with E-state index in [1.165, 1.54) is 17.1 Å². The van der Waals surface area contributed by atoms with Crippen LogP contribution in [0.5, 0.6) is 0 Å². The number of nitrogens with one attached hydrogen (secondary N) is 1. The summed E-state index contributed by atoms with van der Waals surface area (Å²) in [5.41, 5.74) is 7.98. The monoisotopic (exact) mass is 230 g/mol. The van der Waals surface area contributed by atoms with E-state index < -0.39 is 10.0 Å². The fraction of sp³-hybridized carbons (Fsp3) is 0.500. The Morgan fingerprint density at radius 1 is 1.73 bits per heavy atom. The number of aryl methyl sites for hydroxylation is 1. The third kappa shape index (κ3) is 3.24. The van der Waals surface area contributed by atoms with Crippen LogP contribution in [-0.4, -0.2) is 31.3 Å². The third-order valence-electron chi connectivity index (χ3n) is 1.56. The Balaban J connectivity index is 2.64. The maximum Gasteiger partial charge on any atom is 0.243 e. The van der Waals surface area contributed by atoms with Gasteiger partial charge in [0.2, 0.25) is 10.0 Å². The van der Waals surface area contributed by atoms with Gasteiger partial charge in [-0.15, -0.1) is 0 Å². The molecule has 0 radical (unpaired) electrons. The third-order valence-corrected chi connectivity index (χ3v) is 2.97. The number of aromatic nitrogens is 2. The second-order valence-corrected chi connectivity index (χ2v) is 4.47. The Bertz CT molecular complexity index is 472. The Morgan fingerprint density at radius 2 is 2.47 bits per heavy atom. The van der Waals surface area contributed by atoms with E-state index >= 15 is 0 Å². The maximum atomic E-state index is 11.5. The van der Waals surface area contributed by atoms with Crippen molar-refractivity contribution >= 4 is 10.0 Å². The van der Waals surface area contributed by atoms with Crippen LogP contribution in [0.4, 0.5) is 0 Å². The molecule has 8 nitrogen and oxygen atoms in total. The summed E-state index contributed by atoms with van der Waals surface area (Å²) in [6.45, 7) is 0.150. The zero-order valence-corrected chi connectivity index (χ0v) is 8.85. The highest BCUT2D eigenvalue weighted by Crippen LogP contribution is 2.04. The van der Waals surface area contributed by atoms with E-state index in [0.29, 0.717) is 0 Å². The second kappa shape index (κ2) is 4.78. The van der Waals surface area contributed by atoms with Crippen molar-refractivity contribution < 1.29 is 8.42 Å². The smallest absolute Gasteiger partial charge is 0.243 e. The van der Waals surface area contributed by atoms with Crippen LogP contribution in [0.2, 0.25) is 0 Å². The van der Waals surface area contributed by atoms with Crippen molar-refractivity contribution in [3.05, 3.63) is 22.8 Å². The fourth-order valence-electron chi connectivity index (χ4n) is 0.896. The van der Waals surface area contributed by atoms with Gasteiger partial charge in [-0.3, -0.25) is 4.68 Å². The van der Waals surface area contributed by atoms with Crippen LogP contribution < -0.4 is 4.72 Å². The lowest BCUT2D eigenvalue weighted by Gasteiger charge is -2.01. The second-order valence-electron chi connectivity index (χ2n) is 2.70. The van der Waals surface area contributed by atoms with E-state index in [-0.39, 0.29) is 18.0 Å². The van der Waals surface area contributed by atoms with Gasteiger partial charge in [0.25, 0.3) is 0 Å². The Morgan fingerprint density at radius 3 is 3.00 bits per heavy atom. The summed E-state index contributed by atoms with van der Waals surface area (Å²) in [5.74, 6) is 0. The number of rotatable bonds is 5. The molecule has 0 atom stereocenters. The van der Waals surface area contributed by atoms with Crippen molar-refractivity contribution in [2.75, 3.05) is 13.1 Å². The van der Waals surface area contributed by atoms with Gasteiger partial charge in [-0.05, 0) is 5.53 Å². The van der Waals surface area contributed by atoms with Crippen LogP contribution in [0.15, 0.2) is 22.4 Å². The van der Waals surface area contributed by atoms with Crippen LogP contribution >= 0.6 is 0 Å². The summed E-state index contributed by atoms with van der Waals surface area (Å²) in [4.78, 5) is 2.59. The first-order valence-electron chi connectivity index (χ1n) is 4.05. The summed E-state index contributed by atoms with van der Waals surface area (Å²) in [7, 11) is -1.91. The van der Waals surface area contributed by atoms with E-state index in [2.05, 4.69) is 19.8 Å². The van der Waals surface area contributed by atoms with Gasteiger partial charge in [0.05, 0.1) is 6.20 Å². The Labute approximate surface area is 86.6 Å². The lowest BCUT2D eigenvalue weighted by Crippen LogP contribution is -2.25. The van der Waals surface area contributed by atoms with Gasteiger partial charge < -0.3 is 0 Å². The summed E-state index contributed by atoms with van der Waals surface area (Å²) >= 11 is 0. The Hall–Kier alpha value is -1.57. The molecule has 0 saturated carbocycles. The Kier molecular flexibility index (Phi) is 3.67. The molecule has 1 aromatic heterocycles. The van der Waals surface area contributed by atoms with Gasteiger partial charge in [0.15, 0.2) is 0 Å². The predicted octanol–water partition coefficient (Wildman–Crippen LogP) is 0.00870. The van der Waals surface area contributed by atoms with Crippen molar-refractivity contribution in [2.45, 2.75) is 4.90 Å². The van der Waals surface area contributed by atoms with Gasteiger partial charge in [0.1, 0.15) is 4.90 Å². The molecule has 1 N–H and O–H groups in total. The summed E-state index contributed by atoms with van der Waals surface area (Å²) in [6.07, 6.45) is 2.63. The first-order valence-corrected chi connectivity index (χ1v) is 5.54. The van der Waals surface area contributed by atoms with Crippen molar-refractivity contribution in [3.63, 3.8) is 0 Å². The van der Waals surface area contributed by atoms with Crippen LogP contribution in [-0.2, 0) is 17.1 Å². The largest absolute Gasteiger partial charge is 0.274 e. The van der Waals surface area contributed by atoms with E-state index in [0.717, 1.165) is 0 Å². The molecule has 0 spiro atoms. The van der Waals surface area contributed by atoms with Gasteiger partial charge in [-0.2, -0.15) is 5.10 Å². The average molecular weight is 230 g/mol. The molecule has 0 aromatic carbocycles. The molecule has 0 fully saturated rings. The lowest BCUT2D eigenvalue weighted by molar-refractivity contribution is 0.582. The topological polar surface area (TPSA) is 113 Å². The van der Waals surface area contributed by atoms with Gasteiger partial charge in [-0.25, -0.2) is 13.1 Å². The molecule has 1 aromatic rings. The minimum absolute atomic E-state index is 0.0707. The van der Waals surface area contributed by atoms with Crippen LogP contribution in [0.25, 0.3) is 10.4 Å². The SMILES string of the molecule is Cn1cc(S(=O)(=O)NCCN=[N+]=[N-])cn1. The molecule has 0 bridgehead atoms. The zero-order chi connectivity index (χ0) is 11.3. The average Bonchev–Trinajstić information content (AvgIpc) is 2.60. The van der Waals surface area contributed by atoms with Gasteiger partial charge in [-0.1, -0.05) is 5.11 Å². The lowest BCUT2D eigenvalue weighted by atomic mass is 10.7.